The van der Waals surface area contributed by atoms with Gasteiger partial charge in [0, 0.05) is 24.4 Å². The summed E-state index contributed by atoms with van der Waals surface area (Å²) >= 11 is 0. The number of carbonyl (C=O) groups excluding carboxylic acids is 1. The highest BCUT2D eigenvalue weighted by atomic mass is 16.5. The van der Waals surface area contributed by atoms with Crippen LogP contribution in [0.5, 0.6) is 0 Å². The van der Waals surface area contributed by atoms with Crippen molar-refractivity contribution in [3.8, 4) is 0 Å². The maximum atomic E-state index is 10.9. The highest BCUT2D eigenvalue weighted by Gasteiger charge is 2.16. The highest BCUT2D eigenvalue weighted by Crippen LogP contribution is 2.10. The summed E-state index contributed by atoms with van der Waals surface area (Å²) in [6.45, 7) is 4.59. The number of nitrogens with zero attached hydrogens (tertiary/aromatic N) is 4. The quantitative estimate of drug-likeness (QED) is 0.849. The topological polar surface area (TPSA) is 98.1 Å². The Morgan fingerprint density at radius 3 is 2.90 bits per heavy atom. The molecule has 21 heavy (non-hydrogen) atoms. The van der Waals surface area contributed by atoms with Crippen LogP contribution in [0.2, 0.25) is 0 Å². The van der Waals surface area contributed by atoms with Crippen molar-refractivity contribution in [2.45, 2.75) is 32.9 Å². The van der Waals surface area contributed by atoms with Gasteiger partial charge in [0.1, 0.15) is 0 Å². The third kappa shape index (κ3) is 4.09. The molecule has 0 radical (unpaired) electrons. The third-order valence-electron chi connectivity index (χ3n) is 3.30. The van der Waals surface area contributed by atoms with Gasteiger partial charge >= 0.3 is 0 Å². The molecule has 0 saturated carbocycles. The van der Waals surface area contributed by atoms with Crippen molar-refractivity contribution >= 4 is 5.91 Å². The molecule has 2 aromatic rings. The minimum absolute atomic E-state index is 0.0913. The van der Waals surface area contributed by atoms with Crippen LogP contribution in [0.25, 0.3) is 0 Å². The molecule has 0 fully saturated rings. The van der Waals surface area contributed by atoms with E-state index in [0.29, 0.717) is 12.4 Å². The molecular formula is C14H19N5O2. The third-order valence-corrected chi connectivity index (χ3v) is 3.30. The predicted molar refractivity (Wildman–Crippen MR) is 76.4 cm³/mol. The molecule has 0 aromatic carbocycles. The molecule has 7 heteroatoms. The fourth-order valence-corrected chi connectivity index (χ4v) is 1.96. The highest BCUT2D eigenvalue weighted by molar-refractivity contribution is 5.88. The van der Waals surface area contributed by atoms with Crippen molar-refractivity contribution in [3.05, 3.63) is 41.3 Å². The van der Waals surface area contributed by atoms with E-state index in [9.17, 15) is 4.79 Å². The van der Waals surface area contributed by atoms with Gasteiger partial charge in [0.15, 0.2) is 0 Å². The second kappa shape index (κ2) is 6.45. The maximum absolute atomic E-state index is 10.9. The van der Waals surface area contributed by atoms with Crippen molar-refractivity contribution < 1.29 is 9.32 Å². The Balaban J connectivity index is 1.95. The summed E-state index contributed by atoms with van der Waals surface area (Å²) in [7, 11) is 1.95. The fourth-order valence-electron chi connectivity index (χ4n) is 1.96. The molecule has 2 rings (SSSR count). The van der Waals surface area contributed by atoms with E-state index in [1.165, 1.54) is 5.56 Å². The standard InChI is InChI=1S/C14H19N5O2/c1-9-4-5-16-11(6-9)7-10(2)19(3)8-12-17-14(13(15)20)18-21-12/h4-6,10H,7-8H2,1-3H3,(H2,15,20)/t10-/m1/s1. The van der Waals surface area contributed by atoms with Crippen LogP contribution < -0.4 is 5.73 Å². The lowest BCUT2D eigenvalue weighted by Crippen LogP contribution is -2.30. The minimum atomic E-state index is -0.690. The van der Waals surface area contributed by atoms with Gasteiger partial charge in [-0.25, -0.2) is 0 Å². The molecule has 0 aliphatic rings. The van der Waals surface area contributed by atoms with E-state index in [-0.39, 0.29) is 11.9 Å². The molecule has 0 aliphatic carbocycles. The molecule has 0 unspecified atom stereocenters. The number of likely N-dealkylation sites (N-methyl/N-ethyl adjacent to an activating group) is 1. The lowest BCUT2D eigenvalue weighted by molar-refractivity contribution is 0.0987. The van der Waals surface area contributed by atoms with Crippen LogP contribution in [-0.4, -0.2) is 39.0 Å². The number of primary amides is 1. The van der Waals surface area contributed by atoms with E-state index < -0.39 is 5.91 Å². The number of hydrogen-bond donors (Lipinski definition) is 1. The van der Waals surface area contributed by atoms with Gasteiger partial charge in [-0.3, -0.25) is 14.7 Å². The van der Waals surface area contributed by atoms with E-state index >= 15 is 0 Å². The van der Waals surface area contributed by atoms with Gasteiger partial charge in [0.25, 0.3) is 11.7 Å². The Morgan fingerprint density at radius 2 is 2.29 bits per heavy atom. The van der Waals surface area contributed by atoms with Gasteiger partial charge in [-0.05, 0) is 38.6 Å². The zero-order valence-electron chi connectivity index (χ0n) is 12.4. The molecule has 1 atom stereocenters. The van der Waals surface area contributed by atoms with Crippen LogP contribution in [0.3, 0.4) is 0 Å². The molecule has 0 aliphatic heterocycles. The summed E-state index contributed by atoms with van der Waals surface area (Å²) in [5.74, 6) is -0.411. The second-order valence-electron chi connectivity index (χ2n) is 5.17. The molecule has 112 valence electrons. The molecule has 0 spiro atoms. The minimum Gasteiger partial charge on any atom is -0.363 e. The van der Waals surface area contributed by atoms with Crippen molar-refractivity contribution in [1.82, 2.24) is 20.0 Å². The van der Waals surface area contributed by atoms with Crippen LogP contribution in [0.15, 0.2) is 22.9 Å². The molecule has 2 heterocycles. The monoisotopic (exact) mass is 289 g/mol. The van der Waals surface area contributed by atoms with Crippen molar-refractivity contribution in [2.75, 3.05) is 7.05 Å². The van der Waals surface area contributed by atoms with Gasteiger partial charge in [0.2, 0.25) is 5.89 Å². The van der Waals surface area contributed by atoms with Crippen LogP contribution in [0.1, 0.15) is 34.7 Å². The van der Waals surface area contributed by atoms with Crippen LogP contribution in [0.4, 0.5) is 0 Å². The predicted octanol–water partition coefficient (Wildman–Crippen LogP) is 0.935. The number of hydrogen-bond acceptors (Lipinski definition) is 6. The number of amides is 1. The maximum Gasteiger partial charge on any atom is 0.290 e. The normalized spacial score (nSPS) is 12.6. The Bertz CT molecular complexity index is 625. The summed E-state index contributed by atoms with van der Waals surface area (Å²) in [6.07, 6.45) is 2.63. The summed E-state index contributed by atoms with van der Waals surface area (Å²) in [4.78, 5) is 21.3. The number of aromatic nitrogens is 3. The molecule has 0 bridgehead atoms. The molecule has 2 N–H and O–H groups in total. The summed E-state index contributed by atoms with van der Waals surface area (Å²) < 4.78 is 5.00. The lowest BCUT2D eigenvalue weighted by atomic mass is 10.1. The number of carbonyl (C=O) groups is 1. The van der Waals surface area contributed by atoms with Gasteiger partial charge in [-0.1, -0.05) is 5.16 Å². The van der Waals surface area contributed by atoms with E-state index in [2.05, 4.69) is 33.0 Å². The summed E-state index contributed by atoms with van der Waals surface area (Å²) in [5, 5.41) is 3.52. The first-order valence-electron chi connectivity index (χ1n) is 6.70. The van der Waals surface area contributed by atoms with Crippen molar-refractivity contribution in [2.24, 2.45) is 5.73 Å². The zero-order valence-corrected chi connectivity index (χ0v) is 12.4. The van der Waals surface area contributed by atoms with E-state index in [1.807, 2.05) is 26.2 Å². The first-order chi connectivity index (χ1) is 9.95. The molecule has 1 amide bonds. The average Bonchev–Trinajstić information content (AvgIpc) is 2.87. The van der Waals surface area contributed by atoms with Gasteiger partial charge in [-0.15, -0.1) is 0 Å². The van der Waals surface area contributed by atoms with E-state index in [1.54, 1.807) is 0 Å². The fraction of sp³-hybridized carbons (Fsp3) is 0.429. The first kappa shape index (κ1) is 15.1. The largest absolute Gasteiger partial charge is 0.363 e. The van der Waals surface area contributed by atoms with E-state index in [0.717, 1.165) is 12.1 Å². The lowest BCUT2D eigenvalue weighted by Gasteiger charge is -2.22. The van der Waals surface area contributed by atoms with Crippen molar-refractivity contribution in [1.29, 1.82) is 0 Å². The first-order valence-corrected chi connectivity index (χ1v) is 6.70. The number of aryl methyl sites for hydroxylation is 1. The van der Waals surface area contributed by atoms with Gasteiger partial charge in [-0.2, -0.15) is 4.98 Å². The summed E-state index contributed by atoms with van der Waals surface area (Å²) in [6, 6.07) is 4.28. The number of rotatable bonds is 6. The molecule has 7 nitrogen and oxygen atoms in total. The van der Waals surface area contributed by atoms with Gasteiger partial charge < -0.3 is 10.3 Å². The van der Waals surface area contributed by atoms with Crippen LogP contribution >= 0.6 is 0 Å². The molecule has 0 saturated heterocycles. The Kier molecular flexibility index (Phi) is 4.64. The van der Waals surface area contributed by atoms with Gasteiger partial charge in [0.05, 0.1) is 6.54 Å². The Hall–Kier alpha value is -2.28. The molecular weight excluding hydrogens is 270 g/mol. The van der Waals surface area contributed by atoms with E-state index in [4.69, 9.17) is 10.3 Å². The smallest absolute Gasteiger partial charge is 0.290 e. The Labute approximate surface area is 123 Å². The SMILES string of the molecule is Cc1ccnc(C[C@@H](C)N(C)Cc2nc(C(N)=O)no2)c1. The average molecular weight is 289 g/mol. The Morgan fingerprint density at radius 1 is 1.52 bits per heavy atom. The van der Waals surface area contributed by atoms with Crippen LogP contribution in [0, 0.1) is 6.92 Å². The second-order valence-corrected chi connectivity index (χ2v) is 5.17. The van der Waals surface area contributed by atoms with Crippen LogP contribution in [-0.2, 0) is 13.0 Å². The zero-order chi connectivity index (χ0) is 15.4. The summed E-state index contributed by atoms with van der Waals surface area (Å²) in [5.41, 5.74) is 7.32. The number of pyridine rings is 1. The number of nitrogens with two attached hydrogens (primary N) is 1. The molecule has 2 aromatic heterocycles. The van der Waals surface area contributed by atoms with Crippen molar-refractivity contribution in [3.63, 3.8) is 0 Å².